The second-order valence-corrected chi connectivity index (χ2v) is 6.17. The van der Waals surface area contributed by atoms with E-state index >= 15 is 0 Å². The smallest absolute Gasteiger partial charge is 0.340 e. The second-order valence-electron chi connectivity index (χ2n) is 5.16. The number of nitrogens with zero attached hydrogens (tertiary/aromatic N) is 1. The fourth-order valence-electron chi connectivity index (χ4n) is 1.99. The molecule has 0 fully saturated rings. The van der Waals surface area contributed by atoms with Crippen LogP contribution < -0.4 is 5.32 Å². The number of amides is 1. The highest BCUT2D eigenvalue weighted by Gasteiger charge is 2.20. The summed E-state index contributed by atoms with van der Waals surface area (Å²) in [6.45, 7) is 5.68. The summed E-state index contributed by atoms with van der Waals surface area (Å²) in [6.07, 6.45) is -0.839. The molecule has 7 heteroatoms. The molecule has 1 N–H and O–H groups in total. The Kier molecular flexibility index (Phi) is 6.43. The predicted octanol–water partition coefficient (Wildman–Crippen LogP) is 2.96. The maximum absolute atomic E-state index is 12.4. The molecule has 0 aliphatic carbocycles. The summed E-state index contributed by atoms with van der Waals surface area (Å²) < 4.78 is 10.3. The van der Waals surface area contributed by atoms with Gasteiger partial charge in [-0.15, -0.1) is 11.8 Å². The molecule has 1 aromatic heterocycles. The number of thioether (sulfide) groups is 1. The Hall–Kier alpha value is -2.28. The molecule has 0 saturated carbocycles. The first-order valence-corrected chi connectivity index (χ1v) is 8.62. The number of ether oxygens (including phenoxy) is 1. The number of esters is 1. The minimum absolute atomic E-state index is 0.311. The second kappa shape index (κ2) is 8.54. The van der Waals surface area contributed by atoms with Crippen molar-refractivity contribution in [3.63, 3.8) is 0 Å². The van der Waals surface area contributed by atoms with Crippen molar-refractivity contribution in [2.75, 3.05) is 6.54 Å². The molecule has 24 heavy (non-hydrogen) atoms. The lowest BCUT2D eigenvalue weighted by Gasteiger charge is -2.14. The van der Waals surface area contributed by atoms with E-state index in [2.05, 4.69) is 10.5 Å². The van der Waals surface area contributed by atoms with E-state index < -0.39 is 12.1 Å². The summed E-state index contributed by atoms with van der Waals surface area (Å²) in [7, 11) is 0. The topological polar surface area (TPSA) is 81.4 Å². The lowest BCUT2D eigenvalue weighted by atomic mass is 10.2. The number of nitrogens with one attached hydrogen (secondary N) is 1. The van der Waals surface area contributed by atoms with Gasteiger partial charge in [0.05, 0.1) is 11.3 Å². The van der Waals surface area contributed by atoms with Crippen molar-refractivity contribution >= 4 is 23.6 Å². The van der Waals surface area contributed by atoms with E-state index in [9.17, 15) is 9.59 Å². The molecule has 2 rings (SSSR count). The summed E-state index contributed by atoms with van der Waals surface area (Å²) in [6, 6.07) is 8.98. The largest absolute Gasteiger partial charge is 0.449 e. The molecule has 0 radical (unpaired) electrons. The van der Waals surface area contributed by atoms with Crippen LogP contribution >= 0.6 is 11.8 Å². The molecule has 0 unspecified atom stereocenters. The van der Waals surface area contributed by atoms with E-state index in [1.165, 1.54) is 11.8 Å². The summed E-state index contributed by atoms with van der Waals surface area (Å²) in [5.74, 6) is 0.490. The van der Waals surface area contributed by atoms with Crippen molar-refractivity contribution in [3.05, 3.63) is 47.3 Å². The van der Waals surface area contributed by atoms with Gasteiger partial charge in [-0.2, -0.15) is 0 Å². The summed E-state index contributed by atoms with van der Waals surface area (Å²) in [5.41, 5.74) is 1.23. The van der Waals surface area contributed by atoms with Gasteiger partial charge in [0, 0.05) is 23.3 Å². The van der Waals surface area contributed by atoms with Crippen LogP contribution in [0.3, 0.4) is 0 Å². The number of hydrogen-bond donors (Lipinski definition) is 1. The molecule has 1 heterocycles. The van der Waals surface area contributed by atoms with Crippen molar-refractivity contribution < 1.29 is 18.8 Å². The number of carbonyl (C=O) groups is 2. The zero-order valence-electron chi connectivity index (χ0n) is 13.9. The fraction of sp³-hybridized carbons (Fsp3) is 0.353. The van der Waals surface area contributed by atoms with Gasteiger partial charge in [-0.05, 0) is 32.9 Å². The van der Waals surface area contributed by atoms with Gasteiger partial charge in [0.1, 0.15) is 5.76 Å². The molecule has 1 amide bonds. The molecule has 2 aromatic rings. The molecular formula is C17H20N2O4S. The third-order valence-electron chi connectivity index (χ3n) is 3.16. The van der Waals surface area contributed by atoms with Crippen LogP contribution in [0.15, 0.2) is 39.8 Å². The van der Waals surface area contributed by atoms with Gasteiger partial charge in [-0.25, -0.2) is 4.79 Å². The van der Waals surface area contributed by atoms with E-state index in [1.54, 1.807) is 19.1 Å². The lowest BCUT2D eigenvalue weighted by Crippen LogP contribution is -2.35. The van der Waals surface area contributed by atoms with E-state index in [0.29, 0.717) is 17.9 Å². The standard InChI is InChI=1S/C17H20N2O4S/c1-4-18-16(20)12(3)22-17(21)14-7-5-6-8-15(14)24-10-13-9-11(2)23-19-13/h5-9,12H,4,10H2,1-3H3,(H,18,20)/t12-/m0/s1. The first kappa shape index (κ1) is 18.1. The SMILES string of the molecule is CCNC(=O)[C@H](C)OC(=O)c1ccccc1SCc1cc(C)on1. The number of likely N-dealkylation sites (N-methyl/N-ethyl adjacent to an activating group) is 1. The number of aryl methyl sites for hydroxylation is 1. The summed E-state index contributed by atoms with van der Waals surface area (Å²) in [4.78, 5) is 24.8. The van der Waals surface area contributed by atoms with Gasteiger partial charge in [-0.3, -0.25) is 4.79 Å². The highest BCUT2D eigenvalue weighted by Crippen LogP contribution is 2.27. The van der Waals surface area contributed by atoms with E-state index in [0.717, 1.165) is 16.3 Å². The Bertz CT molecular complexity index is 714. The molecule has 0 bridgehead atoms. The first-order chi connectivity index (χ1) is 11.5. The van der Waals surface area contributed by atoms with Crippen molar-refractivity contribution in [1.29, 1.82) is 0 Å². The highest BCUT2D eigenvalue weighted by molar-refractivity contribution is 7.98. The molecule has 0 aliphatic heterocycles. The normalized spacial score (nSPS) is 11.8. The van der Waals surface area contributed by atoms with Crippen LogP contribution in [0.5, 0.6) is 0 Å². The molecule has 1 atom stereocenters. The Morgan fingerprint density at radius 3 is 2.79 bits per heavy atom. The number of carbonyl (C=O) groups excluding carboxylic acids is 2. The maximum atomic E-state index is 12.4. The monoisotopic (exact) mass is 348 g/mol. The van der Waals surface area contributed by atoms with Crippen LogP contribution in [0.2, 0.25) is 0 Å². The molecule has 128 valence electrons. The van der Waals surface area contributed by atoms with Crippen LogP contribution in [-0.4, -0.2) is 29.7 Å². The van der Waals surface area contributed by atoms with Crippen LogP contribution in [0.25, 0.3) is 0 Å². The number of rotatable bonds is 7. The highest BCUT2D eigenvalue weighted by atomic mass is 32.2. The van der Waals surface area contributed by atoms with Crippen LogP contribution in [0.4, 0.5) is 0 Å². The lowest BCUT2D eigenvalue weighted by molar-refractivity contribution is -0.128. The van der Waals surface area contributed by atoms with Crippen molar-refractivity contribution in [3.8, 4) is 0 Å². The van der Waals surface area contributed by atoms with Crippen molar-refractivity contribution in [1.82, 2.24) is 10.5 Å². The molecule has 1 aromatic carbocycles. The van der Waals surface area contributed by atoms with Gasteiger partial charge in [0.2, 0.25) is 0 Å². The Morgan fingerprint density at radius 2 is 2.12 bits per heavy atom. The average Bonchev–Trinajstić information content (AvgIpc) is 2.98. The summed E-state index contributed by atoms with van der Waals surface area (Å²) in [5, 5.41) is 6.56. The van der Waals surface area contributed by atoms with Crippen molar-refractivity contribution in [2.24, 2.45) is 0 Å². The molecule has 0 aliphatic rings. The van der Waals surface area contributed by atoms with E-state index in [-0.39, 0.29) is 5.91 Å². The first-order valence-electron chi connectivity index (χ1n) is 7.64. The van der Waals surface area contributed by atoms with Gasteiger partial charge in [0.15, 0.2) is 6.10 Å². The third kappa shape index (κ3) is 4.86. The molecule has 0 spiro atoms. The Morgan fingerprint density at radius 1 is 1.38 bits per heavy atom. The number of benzene rings is 1. The zero-order chi connectivity index (χ0) is 17.5. The Balaban J connectivity index is 2.04. The van der Waals surface area contributed by atoms with Crippen molar-refractivity contribution in [2.45, 2.75) is 37.5 Å². The van der Waals surface area contributed by atoms with Gasteiger partial charge in [0.25, 0.3) is 5.91 Å². The summed E-state index contributed by atoms with van der Waals surface area (Å²) >= 11 is 1.46. The third-order valence-corrected chi connectivity index (χ3v) is 4.27. The molecular weight excluding hydrogens is 328 g/mol. The fourth-order valence-corrected chi connectivity index (χ4v) is 2.92. The van der Waals surface area contributed by atoms with E-state index in [1.807, 2.05) is 32.0 Å². The van der Waals surface area contributed by atoms with Crippen LogP contribution in [-0.2, 0) is 15.3 Å². The quantitative estimate of drug-likeness (QED) is 0.612. The molecule has 6 nitrogen and oxygen atoms in total. The maximum Gasteiger partial charge on any atom is 0.340 e. The molecule has 0 saturated heterocycles. The van der Waals surface area contributed by atoms with Crippen LogP contribution in [0.1, 0.15) is 35.7 Å². The Labute approximate surface area is 144 Å². The zero-order valence-corrected chi connectivity index (χ0v) is 14.7. The van der Waals surface area contributed by atoms with Gasteiger partial charge < -0.3 is 14.6 Å². The number of aromatic nitrogens is 1. The minimum Gasteiger partial charge on any atom is -0.449 e. The average molecular weight is 348 g/mol. The predicted molar refractivity (Wildman–Crippen MR) is 90.8 cm³/mol. The van der Waals surface area contributed by atoms with Crippen LogP contribution in [0, 0.1) is 6.92 Å². The van der Waals surface area contributed by atoms with E-state index in [4.69, 9.17) is 9.26 Å². The number of hydrogen-bond acceptors (Lipinski definition) is 6. The van der Waals surface area contributed by atoms with Gasteiger partial charge >= 0.3 is 5.97 Å². The van der Waals surface area contributed by atoms with Gasteiger partial charge in [-0.1, -0.05) is 17.3 Å². The minimum atomic E-state index is -0.839.